The first kappa shape index (κ1) is 10.7. The Morgan fingerprint density at radius 3 is 2.85 bits per heavy atom. The van der Waals surface area contributed by atoms with Crippen LogP contribution < -0.4 is 11.1 Å². The summed E-state index contributed by atoms with van der Waals surface area (Å²) in [6.07, 6.45) is 1.05. The normalized spacial score (nSPS) is 13.2. The zero-order valence-electron chi connectivity index (χ0n) is 8.34. The van der Waals surface area contributed by atoms with E-state index in [2.05, 4.69) is 31.3 Å². The quantitative estimate of drug-likeness (QED) is 0.758. The van der Waals surface area contributed by atoms with Crippen LogP contribution in [0.3, 0.4) is 0 Å². The summed E-state index contributed by atoms with van der Waals surface area (Å²) in [6, 6.07) is 4.87. The summed E-state index contributed by atoms with van der Waals surface area (Å²) in [5, 5.41) is 3.44. The van der Waals surface area contributed by atoms with Crippen LogP contribution in [-0.2, 0) is 6.54 Å². The van der Waals surface area contributed by atoms with E-state index < -0.39 is 0 Å². The molecule has 0 bridgehead atoms. The van der Waals surface area contributed by atoms with Gasteiger partial charge in [-0.2, -0.15) is 0 Å². The van der Waals surface area contributed by atoms with E-state index in [9.17, 15) is 0 Å². The summed E-state index contributed by atoms with van der Waals surface area (Å²) >= 11 is 1.85. The summed E-state index contributed by atoms with van der Waals surface area (Å²) < 4.78 is 0. The molecule has 3 heteroatoms. The predicted octanol–water partition coefficient (Wildman–Crippen LogP) is 1.88. The van der Waals surface area contributed by atoms with Gasteiger partial charge in [-0.05, 0) is 38.9 Å². The second-order valence-corrected chi connectivity index (χ2v) is 4.74. The number of hydrogen-bond donors (Lipinski definition) is 2. The Kier molecular flexibility index (Phi) is 4.42. The van der Waals surface area contributed by atoms with Crippen molar-refractivity contribution >= 4 is 11.3 Å². The zero-order valence-corrected chi connectivity index (χ0v) is 9.16. The molecule has 0 fully saturated rings. The van der Waals surface area contributed by atoms with Gasteiger partial charge < -0.3 is 11.1 Å². The first-order chi connectivity index (χ1) is 6.22. The highest BCUT2D eigenvalue weighted by Gasteiger charge is 2.00. The number of hydrogen-bond acceptors (Lipinski definition) is 3. The highest BCUT2D eigenvalue weighted by Crippen LogP contribution is 2.14. The Balaban J connectivity index is 2.26. The van der Waals surface area contributed by atoms with E-state index in [0.29, 0.717) is 6.04 Å². The second-order valence-electron chi connectivity index (χ2n) is 3.37. The van der Waals surface area contributed by atoms with Crippen molar-refractivity contribution in [2.45, 2.75) is 32.9 Å². The van der Waals surface area contributed by atoms with Crippen LogP contribution in [0.5, 0.6) is 0 Å². The number of rotatable bonds is 5. The number of nitrogens with two attached hydrogens (primary N) is 1. The van der Waals surface area contributed by atoms with E-state index in [1.165, 1.54) is 9.75 Å². The van der Waals surface area contributed by atoms with Crippen molar-refractivity contribution in [2.24, 2.45) is 5.73 Å². The Morgan fingerprint density at radius 2 is 2.31 bits per heavy atom. The largest absolute Gasteiger partial charge is 0.330 e. The van der Waals surface area contributed by atoms with Gasteiger partial charge in [0.1, 0.15) is 0 Å². The van der Waals surface area contributed by atoms with Crippen molar-refractivity contribution in [3.8, 4) is 0 Å². The molecular formula is C10H18N2S. The molecule has 1 aromatic heterocycles. The van der Waals surface area contributed by atoms with Crippen LogP contribution in [0.1, 0.15) is 23.1 Å². The molecule has 0 saturated heterocycles. The summed E-state index contributed by atoms with van der Waals surface area (Å²) in [5.74, 6) is 0. The summed E-state index contributed by atoms with van der Waals surface area (Å²) in [7, 11) is 0. The molecule has 1 aromatic rings. The molecule has 0 aliphatic rings. The van der Waals surface area contributed by atoms with E-state index in [1.54, 1.807) is 0 Å². The van der Waals surface area contributed by atoms with Crippen LogP contribution in [0.2, 0.25) is 0 Å². The van der Waals surface area contributed by atoms with E-state index in [1.807, 2.05) is 11.3 Å². The van der Waals surface area contributed by atoms with E-state index in [4.69, 9.17) is 5.73 Å². The van der Waals surface area contributed by atoms with Gasteiger partial charge in [-0.3, -0.25) is 0 Å². The van der Waals surface area contributed by atoms with Crippen molar-refractivity contribution < 1.29 is 0 Å². The molecule has 0 radical (unpaired) electrons. The van der Waals surface area contributed by atoms with Crippen molar-refractivity contribution in [1.82, 2.24) is 5.32 Å². The molecule has 0 amide bonds. The van der Waals surface area contributed by atoms with Crippen LogP contribution in [0.4, 0.5) is 0 Å². The molecule has 0 spiro atoms. The average Bonchev–Trinajstić information content (AvgIpc) is 2.49. The fourth-order valence-electron chi connectivity index (χ4n) is 1.21. The average molecular weight is 198 g/mol. The third-order valence-corrected chi connectivity index (χ3v) is 3.02. The lowest BCUT2D eigenvalue weighted by atomic mass is 10.2. The highest BCUT2D eigenvalue weighted by molar-refractivity contribution is 7.11. The Labute approximate surface area is 84.2 Å². The van der Waals surface area contributed by atoms with Crippen molar-refractivity contribution in [3.63, 3.8) is 0 Å². The van der Waals surface area contributed by atoms with E-state index >= 15 is 0 Å². The molecule has 0 aliphatic heterocycles. The maximum absolute atomic E-state index is 5.47. The molecule has 0 aromatic carbocycles. The van der Waals surface area contributed by atoms with Gasteiger partial charge in [0, 0.05) is 22.3 Å². The molecular weight excluding hydrogens is 180 g/mol. The third-order valence-electron chi connectivity index (χ3n) is 2.02. The lowest BCUT2D eigenvalue weighted by molar-refractivity contribution is 0.522. The van der Waals surface area contributed by atoms with Gasteiger partial charge >= 0.3 is 0 Å². The smallest absolute Gasteiger partial charge is 0.0302 e. The van der Waals surface area contributed by atoms with Gasteiger partial charge in [0.2, 0.25) is 0 Å². The second kappa shape index (κ2) is 5.37. The van der Waals surface area contributed by atoms with Crippen LogP contribution in [0.25, 0.3) is 0 Å². The topological polar surface area (TPSA) is 38.0 Å². The van der Waals surface area contributed by atoms with E-state index in [0.717, 1.165) is 19.5 Å². The Bertz CT molecular complexity index is 245. The molecule has 2 nitrogen and oxygen atoms in total. The first-order valence-electron chi connectivity index (χ1n) is 4.71. The number of nitrogens with one attached hydrogen (secondary N) is 1. The molecule has 0 aliphatic carbocycles. The van der Waals surface area contributed by atoms with Gasteiger partial charge in [0.05, 0.1) is 0 Å². The predicted molar refractivity (Wildman–Crippen MR) is 59.0 cm³/mol. The van der Waals surface area contributed by atoms with Crippen LogP contribution in [-0.4, -0.2) is 12.6 Å². The monoisotopic (exact) mass is 198 g/mol. The minimum atomic E-state index is 0.521. The standard InChI is InChI=1S/C10H18N2S/c1-8(5-6-11)12-7-10-4-3-9(2)13-10/h3-4,8,12H,5-7,11H2,1-2H3. The minimum Gasteiger partial charge on any atom is -0.330 e. The molecule has 1 heterocycles. The number of thiophene rings is 1. The summed E-state index contributed by atoms with van der Waals surface area (Å²) in [6.45, 7) is 6.04. The maximum atomic E-state index is 5.47. The first-order valence-corrected chi connectivity index (χ1v) is 5.53. The lowest BCUT2D eigenvalue weighted by Crippen LogP contribution is -2.27. The SMILES string of the molecule is Cc1ccc(CNC(C)CCN)s1. The van der Waals surface area contributed by atoms with Crippen LogP contribution in [0, 0.1) is 6.92 Å². The molecule has 13 heavy (non-hydrogen) atoms. The molecule has 1 atom stereocenters. The van der Waals surface area contributed by atoms with Crippen molar-refractivity contribution in [2.75, 3.05) is 6.54 Å². The van der Waals surface area contributed by atoms with E-state index in [-0.39, 0.29) is 0 Å². The molecule has 1 rings (SSSR count). The number of aryl methyl sites for hydroxylation is 1. The summed E-state index contributed by atoms with van der Waals surface area (Å²) in [4.78, 5) is 2.78. The van der Waals surface area contributed by atoms with Crippen molar-refractivity contribution in [3.05, 3.63) is 21.9 Å². The Hall–Kier alpha value is -0.380. The van der Waals surface area contributed by atoms with Gasteiger partial charge in [-0.25, -0.2) is 0 Å². The van der Waals surface area contributed by atoms with Gasteiger partial charge in [0.15, 0.2) is 0 Å². The fourth-order valence-corrected chi connectivity index (χ4v) is 2.05. The van der Waals surface area contributed by atoms with Gasteiger partial charge in [-0.1, -0.05) is 0 Å². The summed E-state index contributed by atoms with van der Waals surface area (Å²) in [5.41, 5.74) is 5.47. The highest BCUT2D eigenvalue weighted by atomic mass is 32.1. The zero-order chi connectivity index (χ0) is 9.68. The molecule has 74 valence electrons. The van der Waals surface area contributed by atoms with Crippen LogP contribution in [0.15, 0.2) is 12.1 Å². The van der Waals surface area contributed by atoms with Crippen LogP contribution >= 0.6 is 11.3 Å². The lowest BCUT2D eigenvalue weighted by Gasteiger charge is -2.10. The fraction of sp³-hybridized carbons (Fsp3) is 0.600. The molecule has 0 saturated carbocycles. The molecule has 1 unspecified atom stereocenters. The minimum absolute atomic E-state index is 0.521. The van der Waals surface area contributed by atoms with Gasteiger partial charge in [-0.15, -0.1) is 11.3 Å². The maximum Gasteiger partial charge on any atom is 0.0302 e. The third kappa shape index (κ3) is 3.89. The van der Waals surface area contributed by atoms with Crippen molar-refractivity contribution in [1.29, 1.82) is 0 Å². The van der Waals surface area contributed by atoms with Gasteiger partial charge in [0.25, 0.3) is 0 Å². The molecule has 3 N–H and O–H groups in total. The Morgan fingerprint density at radius 1 is 1.54 bits per heavy atom.